The highest BCUT2D eigenvalue weighted by molar-refractivity contribution is 9.10. The maximum atomic E-state index is 10.9. The monoisotopic (exact) mass is 236 g/mol. The van der Waals surface area contributed by atoms with Crippen LogP contribution < -0.4 is 10.6 Å². The van der Waals surface area contributed by atoms with Gasteiger partial charge in [-0.05, 0) is 6.92 Å². The van der Waals surface area contributed by atoms with E-state index in [0.717, 1.165) is 0 Å². The average molecular weight is 237 g/mol. The summed E-state index contributed by atoms with van der Waals surface area (Å²) < 4.78 is 0. The SMILES string of the molecule is CC(=O)NCCNC(=O)C(C)Br. The Labute approximate surface area is 80.2 Å². The lowest BCUT2D eigenvalue weighted by Gasteiger charge is -2.06. The van der Waals surface area contributed by atoms with Crippen molar-refractivity contribution in [2.45, 2.75) is 18.7 Å². The first kappa shape index (κ1) is 11.4. The molecule has 0 aliphatic rings. The fourth-order valence-corrected chi connectivity index (χ4v) is 0.727. The van der Waals surface area contributed by atoms with Crippen LogP contribution in [0.15, 0.2) is 0 Å². The fourth-order valence-electron chi connectivity index (χ4n) is 0.565. The zero-order chi connectivity index (χ0) is 9.56. The Bertz CT molecular complexity index is 171. The van der Waals surface area contributed by atoms with Crippen molar-refractivity contribution >= 4 is 27.7 Å². The van der Waals surface area contributed by atoms with Crippen LogP contribution in [0.1, 0.15) is 13.8 Å². The second kappa shape index (κ2) is 5.99. The van der Waals surface area contributed by atoms with E-state index >= 15 is 0 Å². The standard InChI is InChI=1S/C7H13BrN2O2/c1-5(8)7(12)10-4-3-9-6(2)11/h5H,3-4H2,1-2H3,(H,9,11)(H,10,12). The summed E-state index contributed by atoms with van der Waals surface area (Å²) in [5.74, 6) is -0.156. The van der Waals surface area contributed by atoms with Gasteiger partial charge >= 0.3 is 0 Å². The van der Waals surface area contributed by atoms with Crippen molar-refractivity contribution in [2.75, 3.05) is 13.1 Å². The van der Waals surface area contributed by atoms with Crippen molar-refractivity contribution in [3.63, 3.8) is 0 Å². The maximum Gasteiger partial charge on any atom is 0.233 e. The molecule has 2 amide bonds. The number of carbonyl (C=O) groups excluding carboxylic acids is 2. The number of hydrogen-bond donors (Lipinski definition) is 2. The Morgan fingerprint density at radius 2 is 1.83 bits per heavy atom. The molecule has 0 aliphatic carbocycles. The van der Waals surface area contributed by atoms with Crippen LogP contribution in [-0.2, 0) is 9.59 Å². The van der Waals surface area contributed by atoms with E-state index < -0.39 is 0 Å². The lowest BCUT2D eigenvalue weighted by molar-refractivity contribution is -0.121. The fraction of sp³-hybridized carbons (Fsp3) is 0.714. The van der Waals surface area contributed by atoms with E-state index in [9.17, 15) is 9.59 Å². The molecule has 4 nitrogen and oxygen atoms in total. The predicted octanol–water partition coefficient (Wildman–Crippen LogP) is 0.0221. The van der Waals surface area contributed by atoms with E-state index in [1.165, 1.54) is 6.92 Å². The Hall–Kier alpha value is -0.580. The zero-order valence-corrected chi connectivity index (χ0v) is 8.77. The largest absolute Gasteiger partial charge is 0.355 e. The van der Waals surface area contributed by atoms with Gasteiger partial charge in [-0.25, -0.2) is 0 Å². The van der Waals surface area contributed by atoms with E-state index in [1.54, 1.807) is 6.92 Å². The summed E-state index contributed by atoms with van der Waals surface area (Å²) in [5.41, 5.74) is 0. The van der Waals surface area contributed by atoms with Crippen molar-refractivity contribution in [1.29, 1.82) is 0 Å². The molecule has 12 heavy (non-hydrogen) atoms. The summed E-state index contributed by atoms with van der Waals surface area (Å²) in [6.45, 7) is 4.12. The van der Waals surface area contributed by atoms with Gasteiger partial charge in [0.25, 0.3) is 0 Å². The highest BCUT2D eigenvalue weighted by atomic mass is 79.9. The van der Waals surface area contributed by atoms with Gasteiger partial charge in [-0.15, -0.1) is 0 Å². The van der Waals surface area contributed by atoms with Crippen LogP contribution >= 0.6 is 15.9 Å². The quantitative estimate of drug-likeness (QED) is 0.535. The van der Waals surface area contributed by atoms with Gasteiger partial charge in [0.05, 0.1) is 4.83 Å². The molecule has 5 heteroatoms. The van der Waals surface area contributed by atoms with Gasteiger partial charge in [-0.3, -0.25) is 9.59 Å². The van der Waals surface area contributed by atoms with Crippen molar-refractivity contribution in [1.82, 2.24) is 10.6 Å². The van der Waals surface area contributed by atoms with Gasteiger partial charge in [0.1, 0.15) is 0 Å². The second-order valence-corrected chi connectivity index (χ2v) is 3.76. The van der Waals surface area contributed by atoms with Crippen molar-refractivity contribution < 1.29 is 9.59 Å². The molecule has 0 aromatic carbocycles. The van der Waals surface area contributed by atoms with Gasteiger partial charge in [0.15, 0.2) is 0 Å². The topological polar surface area (TPSA) is 58.2 Å². The number of hydrogen-bond acceptors (Lipinski definition) is 2. The Morgan fingerprint density at radius 3 is 2.25 bits per heavy atom. The molecule has 0 saturated carbocycles. The predicted molar refractivity (Wildman–Crippen MR) is 50.1 cm³/mol. The van der Waals surface area contributed by atoms with E-state index in [4.69, 9.17) is 0 Å². The van der Waals surface area contributed by atoms with Crippen LogP contribution in [0, 0.1) is 0 Å². The zero-order valence-electron chi connectivity index (χ0n) is 7.19. The van der Waals surface area contributed by atoms with Gasteiger partial charge in [0, 0.05) is 20.0 Å². The van der Waals surface area contributed by atoms with Crippen molar-refractivity contribution in [2.24, 2.45) is 0 Å². The first-order chi connectivity index (χ1) is 5.54. The number of amides is 2. The van der Waals surface area contributed by atoms with Crippen molar-refractivity contribution in [3.8, 4) is 0 Å². The normalized spacial score (nSPS) is 11.9. The minimum Gasteiger partial charge on any atom is -0.355 e. The highest BCUT2D eigenvalue weighted by Gasteiger charge is 2.06. The van der Waals surface area contributed by atoms with Crippen LogP contribution in [0.2, 0.25) is 0 Å². The molecule has 0 aromatic rings. The lowest BCUT2D eigenvalue weighted by Crippen LogP contribution is -2.36. The second-order valence-electron chi connectivity index (χ2n) is 2.39. The molecule has 0 heterocycles. The third-order valence-electron chi connectivity index (χ3n) is 1.16. The number of nitrogens with one attached hydrogen (secondary N) is 2. The molecule has 0 spiro atoms. The summed E-state index contributed by atoms with van der Waals surface area (Å²) in [6.07, 6.45) is 0. The Kier molecular flexibility index (Phi) is 5.70. The van der Waals surface area contributed by atoms with E-state index in [0.29, 0.717) is 13.1 Å². The molecule has 70 valence electrons. The third kappa shape index (κ3) is 6.15. The van der Waals surface area contributed by atoms with Gasteiger partial charge < -0.3 is 10.6 Å². The first-order valence-corrected chi connectivity index (χ1v) is 4.62. The molecular formula is C7H13BrN2O2. The molecule has 0 bridgehead atoms. The summed E-state index contributed by atoms with van der Waals surface area (Å²) in [7, 11) is 0. The summed E-state index contributed by atoms with van der Waals surface area (Å²) >= 11 is 3.12. The molecule has 2 N–H and O–H groups in total. The number of carbonyl (C=O) groups is 2. The molecule has 0 saturated heterocycles. The van der Waals surface area contributed by atoms with Crippen LogP contribution in [0.5, 0.6) is 0 Å². The Morgan fingerprint density at radius 1 is 1.33 bits per heavy atom. The van der Waals surface area contributed by atoms with Crippen molar-refractivity contribution in [3.05, 3.63) is 0 Å². The summed E-state index contributed by atoms with van der Waals surface area (Å²) in [5, 5.41) is 5.21. The molecule has 0 aromatic heterocycles. The van der Waals surface area contributed by atoms with Crippen LogP contribution in [-0.4, -0.2) is 29.7 Å². The molecule has 1 atom stereocenters. The number of rotatable bonds is 4. The molecule has 0 fully saturated rings. The van der Waals surface area contributed by atoms with Crippen LogP contribution in [0.4, 0.5) is 0 Å². The van der Waals surface area contributed by atoms with Crippen LogP contribution in [0.3, 0.4) is 0 Å². The molecule has 0 radical (unpaired) electrons. The molecule has 1 unspecified atom stereocenters. The van der Waals surface area contributed by atoms with Gasteiger partial charge in [-0.2, -0.15) is 0 Å². The smallest absolute Gasteiger partial charge is 0.233 e. The third-order valence-corrected chi connectivity index (χ3v) is 1.58. The maximum absolute atomic E-state index is 10.9. The van der Waals surface area contributed by atoms with Gasteiger partial charge in [-0.1, -0.05) is 15.9 Å². The molecular weight excluding hydrogens is 224 g/mol. The lowest BCUT2D eigenvalue weighted by atomic mass is 10.4. The summed E-state index contributed by atoms with van der Waals surface area (Å²) in [4.78, 5) is 21.1. The molecule has 0 aliphatic heterocycles. The van der Waals surface area contributed by atoms with E-state index in [1.807, 2.05) is 0 Å². The summed E-state index contributed by atoms with van der Waals surface area (Å²) in [6, 6.07) is 0. The average Bonchev–Trinajstić information content (AvgIpc) is 1.97. The van der Waals surface area contributed by atoms with Crippen LogP contribution in [0.25, 0.3) is 0 Å². The van der Waals surface area contributed by atoms with E-state index in [2.05, 4.69) is 26.6 Å². The van der Waals surface area contributed by atoms with E-state index in [-0.39, 0.29) is 16.6 Å². The number of alkyl halides is 1. The minimum atomic E-state index is -0.185. The first-order valence-electron chi connectivity index (χ1n) is 3.70. The molecule has 0 rings (SSSR count). The highest BCUT2D eigenvalue weighted by Crippen LogP contribution is 1.94. The number of halogens is 1. The van der Waals surface area contributed by atoms with Gasteiger partial charge in [0.2, 0.25) is 11.8 Å². The minimum absolute atomic E-state index is 0.0691. The Balaban J connectivity index is 3.32.